The summed E-state index contributed by atoms with van der Waals surface area (Å²) in [6.07, 6.45) is 4.72. The molecule has 1 heterocycles. The van der Waals surface area contributed by atoms with Gasteiger partial charge in [-0.05, 0) is 53.2 Å². The first-order chi connectivity index (χ1) is 8.22. The molecule has 1 saturated carbocycles. The molecule has 2 rings (SSSR count). The summed E-state index contributed by atoms with van der Waals surface area (Å²) in [5, 5.41) is 5.74. The largest absolute Gasteiger partial charge is 0.377 e. The van der Waals surface area contributed by atoms with Crippen molar-refractivity contribution >= 4 is 27.3 Å². The fraction of sp³-hybridized carbons (Fsp3) is 0.692. The van der Waals surface area contributed by atoms with Gasteiger partial charge in [0.1, 0.15) is 0 Å². The first-order valence-electron chi connectivity index (χ1n) is 6.22. The van der Waals surface area contributed by atoms with E-state index in [1.807, 2.05) is 18.4 Å². The maximum atomic E-state index is 5.80. The summed E-state index contributed by atoms with van der Waals surface area (Å²) >= 11 is 5.44. The van der Waals surface area contributed by atoms with E-state index in [0.29, 0.717) is 6.04 Å². The van der Waals surface area contributed by atoms with Gasteiger partial charge in [0.25, 0.3) is 0 Å². The van der Waals surface area contributed by atoms with E-state index in [4.69, 9.17) is 4.74 Å². The number of hydrogen-bond donors (Lipinski definition) is 1. The Labute approximate surface area is 116 Å². The monoisotopic (exact) mass is 317 g/mol. The highest BCUT2D eigenvalue weighted by atomic mass is 79.9. The number of likely N-dealkylation sites (N-methyl/N-ethyl adjacent to an activating group) is 1. The summed E-state index contributed by atoms with van der Waals surface area (Å²) in [7, 11) is 1.85. The first kappa shape index (κ1) is 13.5. The predicted octanol–water partition coefficient (Wildman–Crippen LogP) is 3.60. The van der Waals surface area contributed by atoms with Gasteiger partial charge in [-0.15, -0.1) is 11.3 Å². The number of hydrogen-bond acceptors (Lipinski definition) is 3. The Morgan fingerprint density at radius 2 is 2.35 bits per heavy atom. The zero-order valence-electron chi connectivity index (χ0n) is 10.5. The van der Waals surface area contributed by atoms with Gasteiger partial charge in [0.2, 0.25) is 0 Å². The second-order valence-electron chi connectivity index (χ2n) is 4.63. The summed E-state index contributed by atoms with van der Waals surface area (Å²) in [5.41, 5.74) is 0.0689. The molecule has 17 heavy (non-hydrogen) atoms. The van der Waals surface area contributed by atoms with Crippen molar-refractivity contribution in [3.63, 3.8) is 0 Å². The minimum atomic E-state index is 0.0689. The third kappa shape index (κ3) is 2.75. The van der Waals surface area contributed by atoms with Crippen LogP contribution in [0.25, 0.3) is 0 Å². The van der Waals surface area contributed by atoms with Crippen LogP contribution < -0.4 is 5.32 Å². The van der Waals surface area contributed by atoms with Crippen molar-refractivity contribution in [3.05, 3.63) is 20.8 Å². The molecule has 1 aromatic rings. The topological polar surface area (TPSA) is 21.3 Å². The van der Waals surface area contributed by atoms with Gasteiger partial charge in [0, 0.05) is 28.9 Å². The van der Waals surface area contributed by atoms with Gasteiger partial charge in [0.05, 0.1) is 5.60 Å². The van der Waals surface area contributed by atoms with Crippen molar-refractivity contribution in [2.75, 3.05) is 13.7 Å². The molecule has 0 aliphatic heterocycles. The lowest BCUT2D eigenvalue weighted by Gasteiger charge is -2.47. The number of methoxy groups -OCH3 is 1. The highest BCUT2D eigenvalue weighted by Crippen LogP contribution is 2.40. The second-order valence-corrected chi connectivity index (χ2v) is 6.48. The van der Waals surface area contributed by atoms with Crippen molar-refractivity contribution in [1.29, 1.82) is 0 Å². The van der Waals surface area contributed by atoms with Crippen LogP contribution in [0.4, 0.5) is 0 Å². The highest BCUT2D eigenvalue weighted by Gasteiger charge is 2.44. The van der Waals surface area contributed by atoms with E-state index in [0.717, 1.165) is 13.0 Å². The Hall–Kier alpha value is 0.1000. The van der Waals surface area contributed by atoms with Crippen molar-refractivity contribution < 1.29 is 4.74 Å². The molecule has 1 aliphatic rings. The molecule has 0 saturated heterocycles. The minimum Gasteiger partial charge on any atom is -0.377 e. The van der Waals surface area contributed by atoms with Crippen LogP contribution in [-0.2, 0) is 11.2 Å². The molecule has 4 heteroatoms. The fourth-order valence-corrected chi connectivity index (χ4v) is 4.13. The molecule has 1 unspecified atom stereocenters. The Bertz CT molecular complexity index is 357. The van der Waals surface area contributed by atoms with E-state index >= 15 is 0 Å². The quantitative estimate of drug-likeness (QED) is 0.865. The number of halogens is 1. The maximum absolute atomic E-state index is 5.80. The van der Waals surface area contributed by atoms with Gasteiger partial charge in [-0.3, -0.25) is 0 Å². The highest BCUT2D eigenvalue weighted by molar-refractivity contribution is 9.10. The molecule has 0 aromatic carbocycles. The van der Waals surface area contributed by atoms with Crippen LogP contribution in [0.5, 0.6) is 0 Å². The summed E-state index contributed by atoms with van der Waals surface area (Å²) in [6.45, 7) is 3.16. The molecule has 1 N–H and O–H groups in total. The zero-order valence-corrected chi connectivity index (χ0v) is 12.9. The Kier molecular flexibility index (Phi) is 4.64. The summed E-state index contributed by atoms with van der Waals surface area (Å²) in [6, 6.07) is 2.56. The van der Waals surface area contributed by atoms with Crippen molar-refractivity contribution in [1.82, 2.24) is 5.32 Å². The third-order valence-corrected chi connectivity index (χ3v) is 5.72. The molecular weight excluding hydrogens is 298 g/mol. The zero-order chi connectivity index (χ0) is 12.3. The van der Waals surface area contributed by atoms with E-state index < -0.39 is 0 Å². The Morgan fingerprint density at radius 3 is 2.76 bits per heavy atom. The lowest BCUT2D eigenvalue weighted by Crippen LogP contribution is -2.57. The van der Waals surface area contributed by atoms with Crippen LogP contribution in [0.3, 0.4) is 0 Å². The van der Waals surface area contributed by atoms with Gasteiger partial charge in [-0.25, -0.2) is 0 Å². The van der Waals surface area contributed by atoms with Crippen LogP contribution in [-0.4, -0.2) is 25.3 Å². The molecule has 1 atom stereocenters. The van der Waals surface area contributed by atoms with Crippen LogP contribution >= 0.6 is 27.3 Å². The second kappa shape index (κ2) is 5.83. The standard InChI is InChI=1S/C13H20BrNOS/c1-3-15-12(13(16-2)6-4-7-13)9-11-10(14)5-8-17-11/h5,8,12,15H,3-4,6-7,9H2,1-2H3. The Balaban J connectivity index is 2.09. The molecule has 0 spiro atoms. The van der Waals surface area contributed by atoms with Crippen LogP contribution in [0.1, 0.15) is 31.1 Å². The molecular formula is C13H20BrNOS. The van der Waals surface area contributed by atoms with Crippen LogP contribution in [0.2, 0.25) is 0 Å². The molecule has 96 valence electrons. The van der Waals surface area contributed by atoms with Crippen molar-refractivity contribution in [2.45, 2.75) is 44.2 Å². The van der Waals surface area contributed by atoms with E-state index in [-0.39, 0.29) is 5.60 Å². The van der Waals surface area contributed by atoms with Crippen molar-refractivity contribution in [3.8, 4) is 0 Å². The number of nitrogens with one attached hydrogen (secondary N) is 1. The number of ether oxygens (including phenoxy) is 1. The molecule has 1 fully saturated rings. The lowest BCUT2D eigenvalue weighted by molar-refractivity contribution is -0.0976. The smallest absolute Gasteiger partial charge is 0.0834 e. The van der Waals surface area contributed by atoms with Crippen LogP contribution in [0, 0.1) is 0 Å². The lowest BCUT2D eigenvalue weighted by atomic mass is 9.73. The van der Waals surface area contributed by atoms with Gasteiger partial charge in [-0.1, -0.05) is 6.92 Å². The molecule has 2 nitrogen and oxygen atoms in total. The number of rotatable bonds is 6. The molecule has 1 aromatic heterocycles. The van der Waals surface area contributed by atoms with Gasteiger partial charge < -0.3 is 10.1 Å². The maximum Gasteiger partial charge on any atom is 0.0834 e. The van der Waals surface area contributed by atoms with Gasteiger partial charge in [0.15, 0.2) is 0 Å². The average molecular weight is 318 g/mol. The van der Waals surface area contributed by atoms with E-state index in [1.54, 1.807) is 0 Å². The minimum absolute atomic E-state index is 0.0689. The predicted molar refractivity (Wildman–Crippen MR) is 76.8 cm³/mol. The summed E-state index contributed by atoms with van der Waals surface area (Å²) < 4.78 is 7.04. The summed E-state index contributed by atoms with van der Waals surface area (Å²) in [5.74, 6) is 0. The normalized spacial score (nSPS) is 19.9. The van der Waals surface area contributed by atoms with E-state index in [1.165, 1.54) is 28.6 Å². The van der Waals surface area contributed by atoms with E-state index in [2.05, 4.69) is 39.6 Å². The Morgan fingerprint density at radius 1 is 1.59 bits per heavy atom. The molecule has 0 radical (unpaired) electrons. The average Bonchev–Trinajstić information content (AvgIpc) is 2.64. The summed E-state index contributed by atoms with van der Waals surface area (Å²) in [4.78, 5) is 1.42. The fourth-order valence-electron chi connectivity index (χ4n) is 2.57. The van der Waals surface area contributed by atoms with Crippen LogP contribution in [0.15, 0.2) is 15.9 Å². The van der Waals surface area contributed by atoms with E-state index in [9.17, 15) is 0 Å². The third-order valence-electron chi connectivity index (χ3n) is 3.77. The first-order valence-corrected chi connectivity index (χ1v) is 7.89. The SMILES string of the molecule is CCNC(Cc1sccc1Br)C1(OC)CCC1. The molecule has 0 amide bonds. The van der Waals surface area contributed by atoms with Gasteiger partial charge in [-0.2, -0.15) is 0 Å². The van der Waals surface area contributed by atoms with Gasteiger partial charge >= 0.3 is 0 Å². The molecule has 0 bridgehead atoms. The molecule has 1 aliphatic carbocycles. The number of thiophene rings is 1. The van der Waals surface area contributed by atoms with Crippen molar-refractivity contribution in [2.24, 2.45) is 0 Å².